The van der Waals surface area contributed by atoms with E-state index in [1.807, 2.05) is 18.7 Å². The molecule has 0 spiro atoms. The summed E-state index contributed by atoms with van der Waals surface area (Å²) in [6, 6.07) is 0.770. The van der Waals surface area contributed by atoms with Crippen LogP contribution in [-0.4, -0.2) is 35.5 Å². The maximum atomic E-state index is 12.1. The summed E-state index contributed by atoms with van der Waals surface area (Å²) in [6.45, 7) is 6.23. The molecule has 1 saturated carbocycles. The van der Waals surface area contributed by atoms with Crippen LogP contribution in [0.1, 0.15) is 59.3 Å². The monoisotopic (exact) mass is 286 g/mol. The van der Waals surface area contributed by atoms with Gasteiger partial charge in [-0.3, -0.25) is 4.79 Å². The van der Waals surface area contributed by atoms with Gasteiger partial charge in [0.2, 0.25) is 5.91 Å². The number of carbonyl (C=O) groups is 1. The van der Waals surface area contributed by atoms with Crippen LogP contribution in [0.25, 0.3) is 0 Å². The molecule has 0 aromatic rings. The fourth-order valence-electron chi connectivity index (χ4n) is 2.71. The maximum Gasteiger partial charge on any atom is 0.237 e. The summed E-state index contributed by atoms with van der Waals surface area (Å²) in [5.41, 5.74) is 0. The summed E-state index contributed by atoms with van der Waals surface area (Å²) in [6.07, 6.45) is 9.17. The van der Waals surface area contributed by atoms with Crippen LogP contribution in [0.3, 0.4) is 0 Å². The van der Waals surface area contributed by atoms with Gasteiger partial charge in [-0.2, -0.15) is 11.8 Å². The van der Waals surface area contributed by atoms with Gasteiger partial charge in [-0.25, -0.2) is 0 Å². The van der Waals surface area contributed by atoms with Crippen molar-refractivity contribution < 1.29 is 4.79 Å². The molecule has 0 saturated heterocycles. The van der Waals surface area contributed by atoms with E-state index in [0.717, 1.165) is 18.1 Å². The third-order valence-electron chi connectivity index (χ3n) is 4.22. The second-order valence-electron chi connectivity index (χ2n) is 5.62. The molecule has 1 rings (SSSR count). The average Bonchev–Trinajstić information content (AvgIpc) is 2.45. The second kappa shape index (κ2) is 8.85. The molecule has 0 aromatic carbocycles. The van der Waals surface area contributed by atoms with E-state index in [9.17, 15) is 4.79 Å². The zero-order valence-electron chi connectivity index (χ0n) is 12.9. The van der Waals surface area contributed by atoms with Gasteiger partial charge in [-0.1, -0.05) is 13.8 Å². The van der Waals surface area contributed by atoms with Gasteiger partial charge in [-0.05, 0) is 51.7 Å². The van der Waals surface area contributed by atoms with Gasteiger partial charge in [0.05, 0.1) is 6.04 Å². The first-order chi connectivity index (χ1) is 9.10. The van der Waals surface area contributed by atoms with E-state index in [-0.39, 0.29) is 11.9 Å². The van der Waals surface area contributed by atoms with Crippen LogP contribution in [0.2, 0.25) is 0 Å². The van der Waals surface area contributed by atoms with Crippen LogP contribution in [-0.2, 0) is 4.79 Å². The molecule has 1 unspecified atom stereocenters. The fraction of sp³-hybridized carbons (Fsp3) is 0.933. The summed E-state index contributed by atoms with van der Waals surface area (Å²) in [5, 5.41) is 7.44. The Labute approximate surface area is 122 Å². The first-order valence-electron chi connectivity index (χ1n) is 7.69. The van der Waals surface area contributed by atoms with E-state index in [1.54, 1.807) is 0 Å². The Morgan fingerprint density at radius 3 is 2.26 bits per heavy atom. The van der Waals surface area contributed by atoms with Crippen LogP contribution in [0.4, 0.5) is 0 Å². The Bertz CT molecular complexity index is 261. The molecule has 2 N–H and O–H groups in total. The van der Waals surface area contributed by atoms with Crippen LogP contribution in [0, 0.1) is 0 Å². The van der Waals surface area contributed by atoms with Gasteiger partial charge in [0.1, 0.15) is 0 Å². The standard InChI is InChI=1S/C15H30N2OS/c1-5-12(6-2)17-15(18)11(3)16-13-7-9-14(19-4)10-8-13/h11-14,16H,5-10H2,1-4H3,(H,17,18). The normalized spacial score (nSPS) is 25.3. The number of rotatable bonds is 7. The molecule has 4 heteroatoms. The first kappa shape index (κ1) is 16.8. The lowest BCUT2D eigenvalue weighted by molar-refractivity contribution is -0.123. The molecule has 0 bridgehead atoms. The lowest BCUT2D eigenvalue weighted by atomic mass is 9.94. The fourth-order valence-corrected chi connectivity index (χ4v) is 3.46. The quantitative estimate of drug-likeness (QED) is 0.756. The van der Waals surface area contributed by atoms with E-state index >= 15 is 0 Å². The minimum atomic E-state index is -0.0728. The van der Waals surface area contributed by atoms with Crippen LogP contribution in [0.5, 0.6) is 0 Å². The molecule has 0 aliphatic heterocycles. The average molecular weight is 286 g/mol. The SMILES string of the molecule is CCC(CC)NC(=O)C(C)NC1CCC(SC)CC1. The molecule has 19 heavy (non-hydrogen) atoms. The Morgan fingerprint density at radius 2 is 1.79 bits per heavy atom. The first-order valence-corrected chi connectivity index (χ1v) is 8.98. The smallest absolute Gasteiger partial charge is 0.237 e. The summed E-state index contributed by atoms with van der Waals surface area (Å²) < 4.78 is 0. The number of hydrogen-bond acceptors (Lipinski definition) is 3. The van der Waals surface area contributed by atoms with Gasteiger partial charge < -0.3 is 10.6 Å². The zero-order chi connectivity index (χ0) is 14.3. The molecular weight excluding hydrogens is 256 g/mol. The van der Waals surface area contributed by atoms with Crippen molar-refractivity contribution in [1.82, 2.24) is 10.6 Å². The molecule has 0 heterocycles. The number of amides is 1. The molecule has 1 aliphatic rings. The van der Waals surface area contributed by atoms with Crippen LogP contribution < -0.4 is 10.6 Å². The summed E-state index contributed by atoms with van der Waals surface area (Å²) in [4.78, 5) is 12.1. The molecule has 3 nitrogen and oxygen atoms in total. The molecule has 0 aromatic heterocycles. The number of hydrogen-bond donors (Lipinski definition) is 2. The van der Waals surface area contributed by atoms with Crippen LogP contribution >= 0.6 is 11.8 Å². The predicted molar refractivity (Wildman–Crippen MR) is 84.7 cm³/mol. The Morgan fingerprint density at radius 1 is 1.21 bits per heavy atom. The van der Waals surface area contributed by atoms with Crippen molar-refractivity contribution in [3.05, 3.63) is 0 Å². The van der Waals surface area contributed by atoms with Crippen molar-refractivity contribution in [3.8, 4) is 0 Å². The minimum Gasteiger partial charge on any atom is -0.352 e. The molecule has 1 fully saturated rings. The van der Waals surface area contributed by atoms with Crippen molar-refractivity contribution in [3.63, 3.8) is 0 Å². The molecule has 0 radical (unpaired) electrons. The Hall–Kier alpha value is -0.220. The highest BCUT2D eigenvalue weighted by Gasteiger charge is 2.24. The third kappa shape index (κ3) is 5.74. The van der Waals surface area contributed by atoms with Gasteiger partial charge in [0.25, 0.3) is 0 Å². The molecule has 112 valence electrons. The highest BCUT2D eigenvalue weighted by Crippen LogP contribution is 2.26. The van der Waals surface area contributed by atoms with Gasteiger partial charge in [-0.15, -0.1) is 0 Å². The topological polar surface area (TPSA) is 41.1 Å². The lowest BCUT2D eigenvalue weighted by Crippen LogP contribution is -2.50. The van der Waals surface area contributed by atoms with E-state index in [1.165, 1.54) is 25.7 Å². The lowest BCUT2D eigenvalue weighted by Gasteiger charge is -2.30. The van der Waals surface area contributed by atoms with Crippen molar-refractivity contribution >= 4 is 17.7 Å². The molecule has 1 aliphatic carbocycles. The van der Waals surface area contributed by atoms with Gasteiger partial charge in [0.15, 0.2) is 0 Å². The molecular formula is C15H30N2OS. The summed E-state index contributed by atoms with van der Waals surface area (Å²) >= 11 is 1.98. The minimum absolute atomic E-state index is 0.0728. The highest BCUT2D eigenvalue weighted by atomic mass is 32.2. The number of carbonyl (C=O) groups excluding carboxylic acids is 1. The van der Waals surface area contributed by atoms with E-state index in [4.69, 9.17) is 0 Å². The number of nitrogens with one attached hydrogen (secondary N) is 2. The van der Waals surface area contributed by atoms with Gasteiger partial charge >= 0.3 is 0 Å². The summed E-state index contributed by atoms with van der Waals surface area (Å²) in [7, 11) is 0. The summed E-state index contributed by atoms with van der Waals surface area (Å²) in [5.74, 6) is 0.153. The van der Waals surface area contributed by atoms with Crippen LogP contribution in [0.15, 0.2) is 0 Å². The van der Waals surface area contributed by atoms with Crippen molar-refractivity contribution in [2.45, 2.75) is 82.7 Å². The third-order valence-corrected chi connectivity index (χ3v) is 5.36. The predicted octanol–water partition coefficient (Wildman–Crippen LogP) is 2.94. The van der Waals surface area contributed by atoms with Crippen molar-refractivity contribution in [2.75, 3.05) is 6.26 Å². The van der Waals surface area contributed by atoms with Crippen molar-refractivity contribution in [2.24, 2.45) is 0 Å². The second-order valence-corrected chi connectivity index (χ2v) is 6.76. The van der Waals surface area contributed by atoms with E-state index < -0.39 is 0 Å². The highest BCUT2D eigenvalue weighted by molar-refractivity contribution is 7.99. The molecule has 1 atom stereocenters. The van der Waals surface area contributed by atoms with E-state index in [0.29, 0.717) is 12.1 Å². The van der Waals surface area contributed by atoms with Gasteiger partial charge in [0, 0.05) is 17.3 Å². The Kier molecular flexibility index (Phi) is 7.84. The molecule has 1 amide bonds. The largest absolute Gasteiger partial charge is 0.352 e. The number of thioether (sulfide) groups is 1. The maximum absolute atomic E-state index is 12.1. The van der Waals surface area contributed by atoms with E-state index in [2.05, 4.69) is 30.7 Å². The van der Waals surface area contributed by atoms with Crippen molar-refractivity contribution in [1.29, 1.82) is 0 Å². The zero-order valence-corrected chi connectivity index (χ0v) is 13.7. The Balaban J connectivity index is 2.30.